The highest BCUT2D eigenvalue weighted by Crippen LogP contribution is 2.42. The van der Waals surface area contributed by atoms with Gasteiger partial charge in [0.15, 0.2) is 0 Å². The molecule has 2 aromatic carbocycles. The zero-order valence-electron chi connectivity index (χ0n) is 33.8. The molecule has 2 atom stereocenters. The van der Waals surface area contributed by atoms with Crippen LogP contribution in [-0.4, -0.2) is 104 Å². The lowest BCUT2D eigenvalue weighted by Crippen LogP contribution is -2.49. The van der Waals surface area contributed by atoms with Crippen molar-refractivity contribution in [1.29, 1.82) is 0 Å². The van der Waals surface area contributed by atoms with Crippen molar-refractivity contribution in [2.24, 2.45) is 17.3 Å². The van der Waals surface area contributed by atoms with Crippen LogP contribution in [0.2, 0.25) is 0 Å². The summed E-state index contributed by atoms with van der Waals surface area (Å²) >= 11 is 0. The van der Waals surface area contributed by atoms with Gasteiger partial charge < -0.3 is 34.8 Å². The summed E-state index contributed by atoms with van der Waals surface area (Å²) in [6.45, 7) is 17.3. The Balaban J connectivity index is 0.963. The first-order valence-electron chi connectivity index (χ1n) is 20.3. The van der Waals surface area contributed by atoms with Gasteiger partial charge in [0.1, 0.15) is 23.4 Å². The Morgan fingerprint density at radius 2 is 1.70 bits per heavy atom. The summed E-state index contributed by atoms with van der Waals surface area (Å²) in [5, 5.41) is 14.2. The largest absolute Gasteiger partial charge is 0.444 e. The van der Waals surface area contributed by atoms with E-state index in [1.165, 1.54) is 36.9 Å². The minimum atomic E-state index is -0.571. The van der Waals surface area contributed by atoms with E-state index >= 15 is 4.39 Å². The third-order valence-corrected chi connectivity index (χ3v) is 12.1. The van der Waals surface area contributed by atoms with Gasteiger partial charge in [-0.2, -0.15) is 0 Å². The fourth-order valence-electron chi connectivity index (χ4n) is 8.80. The first kappa shape index (κ1) is 39.7. The van der Waals surface area contributed by atoms with Gasteiger partial charge in [-0.25, -0.2) is 23.9 Å². The summed E-state index contributed by atoms with van der Waals surface area (Å²) < 4.78 is 20.8. The number of halogens is 1. The Kier molecular flexibility index (Phi) is 11.4. The Hall–Kier alpha value is -4.55. The molecule has 0 saturated carbocycles. The number of aromatic amines is 1. The number of hydrogen-bond donors (Lipinski definition) is 3. The molecule has 0 radical (unpaired) electrons. The second-order valence-electron chi connectivity index (χ2n) is 17.8. The summed E-state index contributed by atoms with van der Waals surface area (Å²) in [5.41, 5.74) is 5.90. The molecule has 12 heteroatoms. The maximum atomic E-state index is 15.2. The number of fused-ring (bicyclic) bond motifs is 1. The molecule has 56 heavy (non-hydrogen) atoms. The number of hydrogen-bond acceptors (Lipinski definition) is 7. The van der Waals surface area contributed by atoms with Crippen LogP contribution in [0.3, 0.4) is 0 Å². The van der Waals surface area contributed by atoms with E-state index in [9.17, 15) is 14.7 Å². The second-order valence-corrected chi connectivity index (χ2v) is 17.8. The number of rotatable bonds is 8. The first-order chi connectivity index (χ1) is 26.6. The van der Waals surface area contributed by atoms with E-state index in [0.717, 1.165) is 75.1 Å². The maximum absolute atomic E-state index is 15.2. The minimum absolute atomic E-state index is 0.0243. The molecule has 3 N–H and O–H groups in total. The fraction of sp³-hybridized carbons (Fsp3) is 0.545. The van der Waals surface area contributed by atoms with Crippen molar-refractivity contribution in [2.45, 2.75) is 91.8 Å². The fourth-order valence-corrected chi connectivity index (χ4v) is 8.80. The van der Waals surface area contributed by atoms with Crippen molar-refractivity contribution in [3.8, 4) is 22.5 Å². The third-order valence-electron chi connectivity index (χ3n) is 12.1. The SMILES string of the molecule is Cc1c(NC(=O)N2C[C@@H](CC(C)C)[C@H](O)C2)cc(F)cc1-c1ncnc2[nH]c(-c3ccc(CCN4CCC5(CC4)CCN(C(=O)OC(C)(C)C)CC5)cc3)cc12. The summed E-state index contributed by atoms with van der Waals surface area (Å²) in [6.07, 6.45) is 6.96. The number of carbonyl (C=O) groups is 2. The lowest BCUT2D eigenvalue weighted by atomic mass is 9.71. The number of carbonyl (C=O) groups excluding carboxylic acids is 2. The lowest BCUT2D eigenvalue weighted by Gasteiger charge is -2.46. The molecular formula is C44H58FN7O4. The van der Waals surface area contributed by atoms with Gasteiger partial charge in [-0.15, -0.1) is 0 Å². The minimum Gasteiger partial charge on any atom is -0.444 e. The standard InChI is InChI=1S/C44H58FN7O4/c1-28(2)21-32-25-52(26-38(32)53)41(54)49-36-23-33(45)22-34(29(36)3)39-35-24-37(48-40(35)47-27-46-39)31-9-7-30(8-10-31)11-16-50-17-12-44(13-18-50)14-19-51(20-15-44)42(55)56-43(4,5)6/h7-10,22-24,27-28,32,38,53H,11-21,25-26H2,1-6H3,(H,49,54)(H,46,47,48)/t32-,38-/m1/s1. The third kappa shape index (κ3) is 9.02. The number of likely N-dealkylation sites (tertiary alicyclic amines) is 3. The van der Waals surface area contributed by atoms with E-state index in [0.29, 0.717) is 46.0 Å². The number of nitrogens with one attached hydrogen (secondary N) is 2. The predicted molar refractivity (Wildman–Crippen MR) is 218 cm³/mol. The Bertz CT molecular complexity index is 2020. The molecule has 1 spiro atoms. The van der Waals surface area contributed by atoms with Gasteiger partial charge in [0.25, 0.3) is 0 Å². The van der Waals surface area contributed by atoms with Gasteiger partial charge in [0.05, 0.1) is 11.8 Å². The average Bonchev–Trinajstić information content (AvgIpc) is 3.76. The molecule has 3 fully saturated rings. The number of β-amino-alcohol motifs (C(OH)–C–C–N with tert-alkyl or cyclic N) is 1. The van der Waals surface area contributed by atoms with Crippen LogP contribution in [0.15, 0.2) is 48.8 Å². The number of nitrogens with zero attached hydrogens (tertiary/aromatic N) is 5. The maximum Gasteiger partial charge on any atom is 0.410 e. The van der Waals surface area contributed by atoms with E-state index in [-0.39, 0.29) is 24.6 Å². The van der Waals surface area contributed by atoms with Gasteiger partial charge in [-0.3, -0.25) is 0 Å². The summed E-state index contributed by atoms with van der Waals surface area (Å²) in [5.74, 6) is -0.0437. The molecule has 3 aliphatic heterocycles. The van der Waals surface area contributed by atoms with Gasteiger partial charge >= 0.3 is 12.1 Å². The van der Waals surface area contributed by atoms with Crippen molar-refractivity contribution < 1.29 is 23.8 Å². The van der Waals surface area contributed by atoms with Crippen molar-refractivity contribution in [2.75, 3.05) is 51.1 Å². The molecule has 3 saturated heterocycles. The van der Waals surface area contributed by atoms with Crippen LogP contribution in [0.4, 0.5) is 19.7 Å². The molecule has 0 bridgehead atoms. The molecule has 2 aromatic heterocycles. The highest BCUT2D eigenvalue weighted by Gasteiger charge is 2.39. The van der Waals surface area contributed by atoms with Crippen LogP contribution in [-0.2, 0) is 11.2 Å². The Morgan fingerprint density at radius 3 is 2.38 bits per heavy atom. The lowest BCUT2D eigenvalue weighted by molar-refractivity contribution is -0.00227. The number of piperidine rings is 2. The molecular weight excluding hydrogens is 710 g/mol. The second kappa shape index (κ2) is 16.1. The number of aliphatic hydroxyl groups is 1. The molecule has 3 amide bonds. The van der Waals surface area contributed by atoms with Crippen LogP contribution in [0.25, 0.3) is 33.5 Å². The molecule has 11 nitrogen and oxygen atoms in total. The number of urea groups is 1. The summed E-state index contributed by atoms with van der Waals surface area (Å²) in [6, 6.07) is 13.0. The van der Waals surface area contributed by atoms with Crippen molar-refractivity contribution in [3.63, 3.8) is 0 Å². The van der Waals surface area contributed by atoms with Crippen LogP contribution in [0, 0.1) is 30.0 Å². The number of ether oxygens (including phenoxy) is 1. The molecule has 0 unspecified atom stereocenters. The Labute approximate surface area is 330 Å². The first-order valence-corrected chi connectivity index (χ1v) is 20.3. The molecule has 4 aromatic rings. The van der Waals surface area contributed by atoms with Gasteiger partial charge in [-0.1, -0.05) is 38.1 Å². The average molecular weight is 768 g/mol. The van der Waals surface area contributed by atoms with Crippen LogP contribution >= 0.6 is 0 Å². The topological polar surface area (TPSA) is 127 Å². The number of anilines is 1. The quantitative estimate of drug-likeness (QED) is 0.165. The van der Waals surface area contributed by atoms with Crippen molar-refractivity contribution in [1.82, 2.24) is 29.7 Å². The van der Waals surface area contributed by atoms with Crippen LogP contribution in [0.1, 0.15) is 77.8 Å². The highest BCUT2D eigenvalue weighted by atomic mass is 19.1. The summed E-state index contributed by atoms with van der Waals surface area (Å²) in [7, 11) is 0. The zero-order chi connectivity index (χ0) is 39.8. The summed E-state index contributed by atoms with van der Waals surface area (Å²) in [4.78, 5) is 44.4. The zero-order valence-corrected chi connectivity index (χ0v) is 33.8. The molecule has 5 heterocycles. The van der Waals surface area contributed by atoms with Gasteiger partial charge in [0, 0.05) is 61.0 Å². The monoisotopic (exact) mass is 767 g/mol. The molecule has 3 aliphatic rings. The van der Waals surface area contributed by atoms with Crippen LogP contribution in [0.5, 0.6) is 0 Å². The van der Waals surface area contributed by atoms with E-state index in [4.69, 9.17) is 4.74 Å². The van der Waals surface area contributed by atoms with Crippen molar-refractivity contribution >= 4 is 28.8 Å². The van der Waals surface area contributed by atoms with Gasteiger partial charge in [0.2, 0.25) is 0 Å². The number of H-pyrrole nitrogens is 1. The smallest absolute Gasteiger partial charge is 0.410 e. The van der Waals surface area contributed by atoms with Crippen LogP contribution < -0.4 is 5.32 Å². The van der Waals surface area contributed by atoms with Gasteiger partial charge in [-0.05, 0) is 126 Å². The van der Waals surface area contributed by atoms with E-state index < -0.39 is 17.5 Å². The molecule has 300 valence electrons. The van der Waals surface area contributed by atoms with E-state index in [2.05, 4.69) is 63.3 Å². The van der Waals surface area contributed by atoms with E-state index in [1.54, 1.807) is 4.90 Å². The number of amides is 3. The Morgan fingerprint density at radius 1 is 1.00 bits per heavy atom. The molecule has 0 aliphatic carbocycles. The molecule has 7 rings (SSSR count). The van der Waals surface area contributed by atoms with Crippen molar-refractivity contribution in [3.05, 3.63) is 65.7 Å². The number of aliphatic hydroxyl groups excluding tert-OH is 1. The highest BCUT2D eigenvalue weighted by molar-refractivity contribution is 5.97. The normalized spacial score (nSPS) is 20.3. The van der Waals surface area contributed by atoms with E-state index in [1.807, 2.05) is 38.7 Å². The number of aromatic nitrogens is 3. The predicted octanol–water partition coefficient (Wildman–Crippen LogP) is 8.27. The number of benzene rings is 2.